The first-order valence-corrected chi connectivity index (χ1v) is 5.68. The highest BCUT2D eigenvalue weighted by atomic mass is 16.5. The van der Waals surface area contributed by atoms with Crippen molar-refractivity contribution in [3.8, 4) is 5.75 Å². The largest absolute Gasteiger partial charge is 0.493 e. The van der Waals surface area contributed by atoms with Crippen molar-refractivity contribution < 1.29 is 14.3 Å². The first-order chi connectivity index (χ1) is 7.81. The van der Waals surface area contributed by atoms with E-state index in [4.69, 9.17) is 9.47 Å². The van der Waals surface area contributed by atoms with Crippen LogP contribution in [-0.2, 0) is 16.0 Å². The van der Waals surface area contributed by atoms with Crippen molar-refractivity contribution in [3.63, 3.8) is 0 Å². The average molecular weight is 220 g/mol. The van der Waals surface area contributed by atoms with Crippen LogP contribution in [0.2, 0.25) is 0 Å². The van der Waals surface area contributed by atoms with Crippen molar-refractivity contribution in [3.05, 3.63) is 29.8 Å². The van der Waals surface area contributed by atoms with Gasteiger partial charge in [0.15, 0.2) is 0 Å². The molecular weight excluding hydrogens is 204 g/mol. The van der Waals surface area contributed by atoms with Crippen molar-refractivity contribution in [2.45, 2.75) is 19.8 Å². The van der Waals surface area contributed by atoms with Crippen LogP contribution >= 0.6 is 0 Å². The van der Waals surface area contributed by atoms with E-state index in [1.54, 1.807) is 0 Å². The zero-order chi connectivity index (χ0) is 11.4. The van der Waals surface area contributed by atoms with Gasteiger partial charge in [-0.3, -0.25) is 4.79 Å². The standard InChI is InChI=1S/C13H16O3/c1-2-15-13(14)11-7-8-16-12-6-4-3-5-10(12)9-11/h3-6,11H,2,7-9H2,1H3. The summed E-state index contributed by atoms with van der Waals surface area (Å²) in [5.74, 6) is 0.723. The molecule has 3 heteroatoms. The Hall–Kier alpha value is -1.51. The molecule has 0 bridgehead atoms. The Bertz CT molecular complexity index is 373. The molecule has 0 saturated carbocycles. The van der Waals surface area contributed by atoms with E-state index in [0.29, 0.717) is 13.2 Å². The van der Waals surface area contributed by atoms with Crippen molar-refractivity contribution in [2.75, 3.05) is 13.2 Å². The minimum Gasteiger partial charge on any atom is -0.493 e. The predicted octanol–water partition coefficient (Wildman–Crippen LogP) is 2.19. The number of hydrogen-bond acceptors (Lipinski definition) is 3. The first kappa shape index (κ1) is 11.0. The topological polar surface area (TPSA) is 35.5 Å². The van der Waals surface area contributed by atoms with Crippen LogP contribution in [0, 0.1) is 5.92 Å². The molecule has 86 valence electrons. The van der Waals surface area contributed by atoms with E-state index in [9.17, 15) is 4.79 Å². The highest BCUT2D eigenvalue weighted by Gasteiger charge is 2.24. The number of benzene rings is 1. The van der Waals surface area contributed by atoms with Crippen molar-refractivity contribution >= 4 is 5.97 Å². The fraction of sp³-hybridized carbons (Fsp3) is 0.462. The van der Waals surface area contributed by atoms with Crippen LogP contribution in [0.3, 0.4) is 0 Å². The van der Waals surface area contributed by atoms with Gasteiger partial charge in [-0.25, -0.2) is 0 Å². The molecule has 16 heavy (non-hydrogen) atoms. The molecular formula is C13H16O3. The summed E-state index contributed by atoms with van der Waals surface area (Å²) in [5.41, 5.74) is 1.10. The number of esters is 1. The number of para-hydroxylation sites is 1. The van der Waals surface area contributed by atoms with Crippen LogP contribution in [0.1, 0.15) is 18.9 Å². The van der Waals surface area contributed by atoms with Gasteiger partial charge in [0.25, 0.3) is 0 Å². The van der Waals surface area contributed by atoms with E-state index in [1.807, 2.05) is 31.2 Å². The lowest BCUT2D eigenvalue weighted by Gasteiger charge is -2.11. The Balaban J connectivity index is 2.13. The van der Waals surface area contributed by atoms with Crippen LogP contribution < -0.4 is 4.74 Å². The Morgan fingerprint density at radius 3 is 3.12 bits per heavy atom. The predicted molar refractivity (Wildman–Crippen MR) is 60.4 cm³/mol. The molecule has 0 N–H and O–H groups in total. The molecule has 1 aliphatic heterocycles. The summed E-state index contributed by atoms with van der Waals surface area (Å²) in [6.45, 7) is 2.86. The molecule has 1 unspecified atom stereocenters. The third-order valence-corrected chi connectivity index (χ3v) is 2.78. The zero-order valence-electron chi connectivity index (χ0n) is 9.44. The van der Waals surface area contributed by atoms with Crippen molar-refractivity contribution in [1.82, 2.24) is 0 Å². The summed E-state index contributed by atoms with van der Waals surface area (Å²) in [5, 5.41) is 0. The molecule has 0 fully saturated rings. The number of carbonyl (C=O) groups excluding carboxylic acids is 1. The molecule has 0 radical (unpaired) electrons. The van der Waals surface area contributed by atoms with Crippen molar-refractivity contribution in [1.29, 1.82) is 0 Å². The molecule has 1 atom stereocenters. The second kappa shape index (κ2) is 5.01. The van der Waals surface area contributed by atoms with Gasteiger partial charge in [-0.2, -0.15) is 0 Å². The van der Waals surface area contributed by atoms with Crippen LogP contribution in [0.25, 0.3) is 0 Å². The van der Waals surface area contributed by atoms with Crippen molar-refractivity contribution in [2.24, 2.45) is 5.92 Å². The summed E-state index contributed by atoms with van der Waals surface area (Å²) >= 11 is 0. The van der Waals surface area contributed by atoms with Crippen LogP contribution in [0.4, 0.5) is 0 Å². The molecule has 0 saturated heterocycles. The van der Waals surface area contributed by atoms with Gasteiger partial charge in [0.2, 0.25) is 0 Å². The average Bonchev–Trinajstić information content (AvgIpc) is 2.51. The molecule has 0 aliphatic carbocycles. The second-order valence-electron chi connectivity index (χ2n) is 3.90. The zero-order valence-corrected chi connectivity index (χ0v) is 9.44. The van der Waals surface area contributed by atoms with Crippen LogP contribution in [0.5, 0.6) is 5.75 Å². The molecule has 0 spiro atoms. The van der Waals surface area contributed by atoms with Gasteiger partial charge in [0, 0.05) is 0 Å². The summed E-state index contributed by atoms with van der Waals surface area (Å²) in [6.07, 6.45) is 1.45. The summed E-state index contributed by atoms with van der Waals surface area (Å²) < 4.78 is 10.7. The van der Waals surface area contributed by atoms with Gasteiger partial charge in [-0.05, 0) is 31.4 Å². The minimum absolute atomic E-state index is 0.0661. The lowest BCUT2D eigenvalue weighted by molar-refractivity contribution is -0.148. The van der Waals surface area contributed by atoms with Gasteiger partial charge >= 0.3 is 5.97 Å². The monoisotopic (exact) mass is 220 g/mol. The van der Waals surface area contributed by atoms with E-state index < -0.39 is 0 Å². The van der Waals surface area contributed by atoms with E-state index in [1.165, 1.54) is 0 Å². The molecule has 1 aliphatic rings. The smallest absolute Gasteiger partial charge is 0.309 e. The number of carbonyl (C=O) groups is 1. The van der Waals surface area contributed by atoms with E-state index in [-0.39, 0.29) is 11.9 Å². The highest BCUT2D eigenvalue weighted by Crippen LogP contribution is 2.27. The maximum absolute atomic E-state index is 11.7. The number of rotatable bonds is 2. The van der Waals surface area contributed by atoms with Crippen LogP contribution in [0.15, 0.2) is 24.3 Å². The van der Waals surface area contributed by atoms with Gasteiger partial charge in [0.1, 0.15) is 5.75 Å². The number of hydrogen-bond donors (Lipinski definition) is 0. The van der Waals surface area contributed by atoms with Gasteiger partial charge in [-0.1, -0.05) is 18.2 Å². The third kappa shape index (κ3) is 2.35. The van der Waals surface area contributed by atoms with E-state index in [2.05, 4.69) is 0 Å². The third-order valence-electron chi connectivity index (χ3n) is 2.78. The number of ether oxygens (including phenoxy) is 2. The Kier molecular flexibility index (Phi) is 3.44. The minimum atomic E-state index is -0.109. The van der Waals surface area contributed by atoms with E-state index >= 15 is 0 Å². The summed E-state index contributed by atoms with van der Waals surface area (Å²) in [6, 6.07) is 7.87. The molecule has 0 amide bonds. The molecule has 1 heterocycles. The molecule has 1 aromatic rings. The molecule has 3 nitrogen and oxygen atoms in total. The Morgan fingerprint density at radius 2 is 2.31 bits per heavy atom. The lowest BCUT2D eigenvalue weighted by atomic mass is 9.97. The fourth-order valence-corrected chi connectivity index (χ4v) is 1.95. The Morgan fingerprint density at radius 1 is 1.50 bits per heavy atom. The van der Waals surface area contributed by atoms with Gasteiger partial charge < -0.3 is 9.47 Å². The first-order valence-electron chi connectivity index (χ1n) is 5.68. The normalized spacial score (nSPS) is 19.2. The quantitative estimate of drug-likeness (QED) is 0.717. The van der Waals surface area contributed by atoms with Gasteiger partial charge in [-0.15, -0.1) is 0 Å². The van der Waals surface area contributed by atoms with E-state index in [0.717, 1.165) is 24.2 Å². The second-order valence-corrected chi connectivity index (χ2v) is 3.90. The van der Waals surface area contributed by atoms with Gasteiger partial charge in [0.05, 0.1) is 19.1 Å². The number of fused-ring (bicyclic) bond motifs is 1. The Labute approximate surface area is 95.4 Å². The summed E-state index contributed by atoms with van der Waals surface area (Å²) in [4.78, 5) is 11.7. The van der Waals surface area contributed by atoms with Crippen LogP contribution in [-0.4, -0.2) is 19.2 Å². The maximum atomic E-state index is 11.7. The SMILES string of the molecule is CCOC(=O)C1CCOc2ccccc2C1. The highest BCUT2D eigenvalue weighted by molar-refractivity contribution is 5.73. The summed E-state index contributed by atoms with van der Waals surface area (Å²) in [7, 11) is 0. The lowest BCUT2D eigenvalue weighted by Crippen LogP contribution is -2.20. The molecule has 1 aromatic carbocycles. The molecule has 2 rings (SSSR count). The molecule has 0 aromatic heterocycles. The fourth-order valence-electron chi connectivity index (χ4n) is 1.95. The maximum Gasteiger partial charge on any atom is 0.309 e.